The fourth-order valence-corrected chi connectivity index (χ4v) is 4.36. The molecule has 0 saturated carbocycles. The number of fused-ring (bicyclic) bond motifs is 1. The minimum atomic E-state index is -1.17. The first kappa shape index (κ1) is 23.3. The van der Waals surface area contributed by atoms with Crippen LogP contribution in [-0.4, -0.2) is 39.5 Å². The number of carboxylic acids is 1. The van der Waals surface area contributed by atoms with Crippen LogP contribution in [-0.2, 0) is 15.3 Å². The summed E-state index contributed by atoms with van der Waals surface area (Å²) in [5.41, 5.74) is 2.58. The van der Waals surface area contributed by atoms with Crippen LogP contribution in [0.15, 0.2) is 83.5 Å². The van der Waals surface area contributed by atoms with Crippen LogP contribution >= 0.6 is 11.8 Å². The Bertz CT molecular complexity index is 1290. The highest BCUT2D eigenvalue weighted by Gasteiger charge is 2.24. The van der Waals surface area contributed by atoms with E-state index in [2.05, 4.69) is 10.3 Å². The lowest BCUT2D eigenvalue weighted by molar-refractivity contribution is -0.139. The molecule has 0 aliphatic carbocycles. The largest absolute Gasteiger partial charge is 0.481 e. The Morgan fingerprint density at radius 2 is 1.76 bits per heavy atom. The molecule has 0 fully saturated rings. The molecular formula is C26H22N2O5S. The predicted octanol–water partition coefficient (Wildman–Crippen LogP) is 4.57. The van der Waals surface area contributed by atoms with Gasteiger partial charge in [-0.15, -0.1) is 11.8 Å². The van der Waals surface area contributed by atoms with Crippen molar-refractivity contribution < 1.29 is 23.9 Å². The normalized spacial score (nSPS) is 11.8. The molecule has 4 aromatic rings. The van der Waals surface area contributed by atoms with Gasteiger partial charge in [-0.2, -0.15) is 0 Å². The fourth-order valence-electron chi connectivity index (χ4n) is 3.43. The summed E-state index contributed by atoms with van der Waals surface area (Å²) < 4.78 is 5.84. The van der Waals surface area contributed by atoms with Gasteiger partial charge in [-0.1, -0.05) is 48.5 Å². The van der Waals surface area contributed by atoms with Gasteiger partial charge in [0.1, 0.15) is 11.3 Å². The zero-order valence-electron chi connectivity index (χ0n) is 18.1. The zero-order valence-corrected chi connectivity index (χ0v) is 19.0. The van der Waals surface area contributed by atoms with E-state index in [1.807, 2.05) is 60.7 Å². The zero-order chi connectivity index (χ0) is 23.9. The van der Waals surface area contributed by atoms with Crippen molar-refractivity contribution in [2.24, 2.45) is 0 Å². The second-order valence-corrected chi connectivity index (χ2v) is 8.66. The van der Waals surface area contributed by atoms with E-state index in [-0.39, 0.29) is 17.1 Å². The van der Waals surface area contributed by atoms with Gasteiger partial charge in [0.25, 0.3) is 5.91 Å². The summed E-state index contributed by atoms with van der Waals surface area (Å²) in [6, 6.07) is 19.5. The molecule has 2 aromatic heterocycles. The molecule has 172 valence electrons. The Kier molecular flexibility index (Phi) is 7.39. The number of furan rings is 1. The standard InChI is InChI=1S/C26H22N2O5S/c29-22(16-34-15-17-6-2-1-3-7-17)21(12-25(30)31)28-26(32)20-10-19(13-27-14-20)24-11-18-8-4-5-9-23(18)33-24/h1-11,13-14,21H,12,15-16H2,(H,28,32)(H,30,31)/t21-/m0/s1. The van der Waals surface area contributed by atoms with E-state index >= 15 is 0 Å². The SMILES string of the molecule is O=C(O)C[C@H](NC(=O)c1cncc(-c2cc3ccccc3o2)c1)C(=O)CSCc1ccccc1. The van der Waals surface area contributed by atoms with Gasteiger partial charge in [0, 0.05) is 29.1 Å². The fraction of sp³-hybridized carbons (Fsp3) is 0.154. The summed E-state index contributed by atoms with van der Waals surface area (Å²) in [5, 5.41) is 12.7. The molecule has 0 bridgehead atoms. The number of nitrogens with one attached hydrogen (secondary N) is 1. The Morgan fingerprint density at radius 1 is 1.00 bits per heavy atom. The van der Waals surface area contributed by atoms with E-state index in [0.29, 0.717) is 22.7 Å². The summed E-state index contributed by atoms with van der Waals surface area (Å²) in [6.45, 7) is 0. The average molecular weight is 475 g/mol. The lowest BCUT2D eigenvalue weighted by Gasteiger charge is -2.16. The van der Waals surface area contributed by atoms with Crippen LogP contribution in [0.5, 0.6) is 0 Å². The molecule has 8 heteroatoms. The van der Waals surface area contributed by atoms with Crippen molar-refractivity contribution in [2.45, 2.75) is 18.2 Å². The number of nitrogens with zero attached hydrogens (tertiary/aromatic N) is 1. The third-order valence-electron chi connectivity index (χ3n) is 5.14. The van der Waals surface area contributed by atoms with E-state index in [9.17, 15) is 19.5 Å². The molecule has 1 amide bonds. The number of benzene rings is 2. The number of Topliss-reactive ketones (excluding diaryl/α,β-unsaturated/α-hetero) is 1. The Labute approximate surface area is 200 Å². The molecule has 34 heavy (non-hydrogen) atoms. The molecule has 2 aromatic carbocycles. The second-order valence-electron chi connectivity index (χ2n) is 7.68. The molecule has 0 unspecified atom stereocenters. The number of carbonyl (C=O) groups excluding carboxylic acids is 2. The maximum Gasteiger partial charge on any atom is 0.305 e. The number of carbonyl (C=O) groups is 3. The smallest absolute Gasteiger partial charge is 0.305 e. The molecule has 4 rings (SSSR count). The summed E-state index contributed by atoms with van der Waals surface area (Å²) in [5.74, 6) is -0.829. The molecular weight excluding hydrogens is 452 g/mol. The van der Waals surface area contributed by atoms with Gasteiger partial charge in [0.05, 0.1) is 23.8 Å². The van der Waals surface area contributed by atoms with Gasteiger partial charge in [-0.3, -0.25) is 19.4 Å². The number of hydrogen-bond donors (Lipinski definition) is 2. The molecule has 1 atom stereocenters. The molecule has 0 spiro atoms. The predicted molar refractivity (Wildman–Crippen MR) is 131 cm³/mol. The van der Waals surface area contributed by atoms with Crippen molar-refractivity contribution in [2.75, 3.05) is 5.75 Å². The van der Waals surface area contributed by atoms with Crippen LogP contribution in [0.3, 0.4) is 0 Å². The van der Waals surface area contributed by atoms with Gasteiger partial charge in [-0.25, -0.2) is 0 Å². The number of rotatable bonds is 10. The highest BCUT2D eigenvalue weighted by atomic mass is 32.2. The number of aliphatic carboxylic acids is 1. The van der Waals surface area contributed by atoms with E-state index in [4.69, 9.17) is 4.42 Å². The summed E-state index contributed by atoms with van der Waals surface area (Å²) in [7, 11) is 0. The highest BCUT2D eigenvalue weighted by Crippen LogP contribution is 2.27. The highest BCUT2D eigenvalue weighted by molar-refractivity contribution is 7.99. The van der Waals surface area contributed by atoms with Crippen LogP contribution in [0.1, 0.15) is 22.3 Å². The first-order chi connectivity index (χ1) is 16.5. The maximum absolute atomic E-state index is 12.9. The Balaban J connectivity index is 1.44. The average Bonchev–Trinajstić information content (AvgIpc) is 3.28. The number of aromatic nitrogens is 1. The van der Waals surface area contributed by atoms with Crippen molar-refractivity contribution in [1.29, 1.82) is 0 Å². The quantitative estimate of drug-likeness (QED) is 0.346. The van der Waals surface area contributed by atoms with Gasteiger partial charge in [0.15, 0.2) is 5.78 Å². The monoisotopic (exact) mass is 474 g/mol. The number of ketones is 1. The van der Waals surface area contributed by atoms with Gasteiger partial charge in [-0.05, 0) is 23.8 Å². The van der Waals surface area contributed by atoms with Gasteiger partial charge in [0.2, 0.25) is 0 Å². The Morgan fingerprint density at radius 3 is 2.53 bits per heavy atom. The Hall–Kier alpha value is -3.91. The molecule has 0 radical (unpaired) electrons. The topological polar surface area (TPSA) is 110 Å². The van der Waals surface area contributed by atoms with Crippen LogP contribution in [0.2, 0.25) is 0 Å². The number of para-hydroxylation sites is 1. The van der Waals surface area contributed by atoms with Crippen LogP contribution in [0.4, 0.5) is 0 Å². The minimum Gasteiger partial charge on any atom is -0.481 e. The first-order valence-corrected chi connectivity index (χ1v) is 11.8. The summed E-state index contributed by atoms with van der Waals surface area (Å²) in [6.07, 6.45) is 2.45. The number of pyridine rings is 1. The third-order valence-corrected chi connectivity index (χ3v) is 6.17. The number of hydrogen-bond acceptors (Lipinski definition) is 6. The van der Waals surface area contributed by atoms with Gasteiger partial charge < -0.3 is 14.8 Å². The van der Waals surface area contributed by atoms with Gasteiger partial charge >= 0.3 is 5.97 Å². The van der Waals surface area contributed by atoms with Crippen molar-refractivity contribution in [3.8, 4) is 11.3 Å². The molecule has 0 aliphatic rings. The summed E-state index contributed by atoms with van der Waals surface area (Å²) >= 11 is 1.38. The number of amides is 1. The molecule has 7 nitrogen and oxygen atoms in total. The van der Waals surface area contributed by atoms with E-state index in [1.165, 1.54) is 18.0 Å². The number of carboxylic acid groups (broad SMARTS) is 1. The first-order valence-electron chi connectivity index (χ1n) is 10.6. The third kappa shape index (κ3) is 5.90. The lowest BCUT2D eigenvalue weighted by Crippen LogP contribution is -2.43. The van der Waals surface area contributed by atoms with Crippen molar-refractivity contribution in [1.82, 2.24) is 10.3 Å². The van der Waals surface area contributed by atoms with E-state index in [1.54, 1.807) is 12.3 Å². The van der Waals surface area contributed by atoms with E-state index in [0.717, 1.165) is 10.9 Å². The number of thioether (sulfide) groups is 1. The van der Waals surface area contributed by atoms with Crippen molar-refractivity contribution in [3.63, 3.8) is 0 Å². The molecule has 0 aliphatic heterocycles. The molecule has 0 saturated heterocycles. The van der Waals surface area contributed by atoms with Crippen LogP contribution in [0.25, 0.3) is 22.3 Å². The van der Waals surface area contributed by atoms with E-state index < -0.39 is 24.3 Å². The minimum absolute atomic E-state index is 0.0877. The maximum atomic E-state index is 12.9. The lowest BCUT2D eigenvalue weighted by atomic mass is 10.1. The van der Waals surface area contributed by atoms with Crippen LogP contribution in [0, 0.1) is 0 Å². The second kappa shape index (κ2) is 10.8. The van der Waals surface area contributed by atoms with Crippen molar-refractivity contribution in [3.05, 3.63) is 90.3 Å². The summed E-state index contributed by atoms with van der Waals surface area (Å²) in [4.78, 5) is 41.0. The molecule has 2 N–H and O–H groups in total. The molecule has 2 heterocycles. The van der Waals surface area contributed by atoms with Crippen LogP contribution < -0.4 is 5.32 Å². The van der Waals surface area contributed by atoms with Crippen molar-refractivity contribution >= 4 is 40.4 Å².